The number of rotatable bonds is 4. The summed E-state index contributed by atoms with van der Waals surface area (Å²) in [6.07, 6.45) is 10.7. The number of aryl methyl sites for hydroxylation is 2. The molecule has 3 heteroatoms. The summed E-state index contributed by atoms with van der Waals surface area (Å²) in [4.78, 5) is 0. The lowest BCUT2D eigenvalue weighted by atomic mass is 9.53. The third-order valence-electron chi connectivity index (χ3n) is 11.0. The fraction of sp³-hybridized carbons (Fsp3) is 0.500. The molecular formula is C36H46O3. The van der Waals surface area contributed by atoms with E-state index in [1.807, 2.05) is 39.8 Å². The van der Waals surface area contributed by atoms with Gasteiger partial charge in [-0.05, 0) is 154 Å². The van der Waals surface area contributed by atoms with Crippen molar-refractivity contribution in [3.05, 3.63) is 86.5 Å². The summed E-state index contributed by atoms with van der Waals surface area (Å²) in [6, 6.07) is 12.6. The molecule has 0 aromatic heterocycles. The quantitative estimate of drug-likeness (QED) is 0.318. The molecule has 208 valence electrons. The van der Waals surface area contributed by atoms with Crippen molar-refractivity contribution in [3.63, 3.8) is 0 Å². The number of hydrogen-bond donors (Lipinski definition) is 3. The van der Waals surface area contributed by atoms with Gasteiger partial charge in [0.2, 0.25) is 0 Å². The molecule has 0 heterocycles. The van der Waals surface area contributed by atoms with Gasteiger partial charge in [0.15, 0.2) is 0 Å². The summed E-state index contributed by atoms with van der Waals surface area (Å²) < 4.78 is 0. The molecule has 2 saturated carbocycles. The highest BCUT2D eigenvalue weighted by Gasteiger charge is 2.48. The Morgan fingerprint density at radius 2 is 1.05 bits per heavy atom. The Morgan fingerprint density at radius 3 is 1.51 bits per heavy atom. The first kappa shape index (κ1) is 27.6. The van der Waals surface area contributed by atoms with E-state index in [9.17, 15) is 15.3 Å². The van der Waals surface area contributed by atoms with Gasteiger partial charge in [-0.3, -0.25) is 0 Å². The Labute approximate surface area is 234 Å². The lowest BCUT2D eigenvalue weighted by Gasteiger charge is -2.51. The van der Waals surface area contributed by atoms with Crippen LogP contribution >= 0.6 is 0 Å². The minimum atomic E-state index is -0.165. The van der Waals surface area contributed by atoms with Crippen LogP contribution in [0.3, 0.4) is 0 Å². The van der Waals surface area contributed by atoms with E-state index < -0.39 is 0 Å². The predicted molar refractivity (Wildman–Crippen MR) is 160 cm³/mol. The molecule has 0 aliphatic heterocycles. The summed E-state index contributed by atoms with van der Waals surface area (Å²) in [7, 11) is 0. The Hall–Kier alpha value is -2.94. The molecule has 3 N–H and O–H groups in total. The molecule has 0 unspecified atom stereocenters. The number of benzene rings is 3. The Balaban J connectivity index is 1.64. The molecule has 0 radical (unpaired) electrons. The Bertz CT molecular complexity index is 1300. The van der Waals surface area contributed by atoms with E-state index in [1.54, 1.807) is 0 Å². The first-order valence-corrected chi connectivity index (χ1v) is 14.9. The fourth-order valence-corrected chi connectivity index (χ4v) is 8.39. The molecule has 0 atom stereocenters. The number of phenolic OH excluding ortho intramolecular Hbond substituents is 3. The summed E-state index contributed by atoms with van der Waals surface area (Å²) in [5, 5.41) is 31.6. The molecule has 3 nitrogen and oxygen atoms in total. The topological polar surface area (TPSA) is 60.7 Å². The first-order chi connectivity index (χ1) is 18.5. The van der Waals surface area contributed by atoms with Crippen LogP contribution in [0, 0.1) is 47.5 Å². The van der Waals surface area contributed by atoms with Gasteiger partial charge in [0.25, 0.3) is 0 Å². The summed E-state index contributed by atoms with van der Waals surface area (Å²) >= 11 is 0. The average molecular weight is 527 g/mol. The van der Waals surface area contributed by atoms with E-state index in [0.29, 0.717) is 23.2 Å². The molecule has 3 aromatic carbocycles. The van der Waals surface area contributed by atoms with Crippen LogP contribution in [0.2, 0.25) is 0 Å². The van der Waals surface area contributed by atoms with Crippen LogP contribution in [0.25, 0.3) is 0 Å². The second kappa shape index (κ2) is 10.2. The van der Waals surface area contributed by atoms with Crippen molar-refractivity contribution in [2.24, 2.45) is 5.92 Å². The predicted octanol–water partition coefficient (Wildman–Crippen LogP) is 9.03. The van der Waals surface area contributed by atoms with E-state index >= 15 is 0 Å². The lowest BCUT2D eigenvalue weighted by Crippen LogP contribution is -2.43. The van der Waals surface area contributed by atoms with Gasteiger partial charge in [-0.1, -0.05) is 43.5 Å². The van der Waals surface area contributed by atoms with Gasteiger partial charge < -0.3 is 15.3 Å². The highest BCUT2D eigenvalue weighted by atomic mass is 16.3. The van der Waals surface area contributed by atoms with Crippen molar-refractivity contribution >= 4 is 0 Å². The third-order valence-corrected chi connectivity index (χ3v) is 11.0. The van der Waals surface area contributed by atoms with Crippen LogP contribution in [-0.2, 0) is 10.8 Å². The molecule has 0 amide bonds. The molecule has 39 heavy (non-hydrogen) atoms. The van der Waals surface area contributed by atoms with E-state index in [-0.39, 0.29) is 10.8 Å². The summed E-state index contributed by atoms with van der Waals surface area (Å²) in [5.41, 5.74) is 10.3. The monoisotopic (exact) mass is 526 g/mol. The summed E-state index contributed by atoms with van der Waals surface area (Å²) in [6.45, 7) is 12.5. The van der Waals surface area contributed by atoms with E-state index in [1.165, 1.54) is 59.9 Å². The Kier molecular flexibility index (Phi) is 7.24. The van der Waals surface area contributed by atoms with E-state index in [0.717, 1.165) is 47.9 Å². The van der Waals surface area contributed by atoms with E-state index in [4.69, 9.17) is 0 Å². The van der Waals surface area contributed by atoms with Gasteiger partial charge in [0.1, 0.15) is 17.2 Å². The van der Waals surface area contributed by atoms with Crippen LogP contribution in [0.4, 0.5) is 0 Å². The Morgan fingerprint density at radius 1 is 0.590 bits per heavy atom. The maximum absolute atomic E-state index is 10.8. The normalized spacial score (nSPS) is 19.2. The van der Waals surface area contributed by atoms with Gasteiger partial charge in [-0.15, -0.1) is 0 Å². The second-order valence-electron chi connectivity index (χ2n) is 12.8. The van der Waals surface area contributed by atoms with E-state index in [2.05, 4.69) is 38.1 Å². The lowest BCUT2D eigenvalue weighted by molar-refractivity contribution is 0.124. The fourth-order valence-electron chi connectivity index (χ4n) is 8.39. The van der Waals surface area contributed by atoms with Crippen molar-refractivity contribution in [3.8, 4) is 17.2 Å². The molecule has 2 fully saturated rings. The molecule has 5 rings (SSSR count). The van der Waals surface area contributed by atoms with Gasteiger partial charge in [0, 0.05) is 5.41 Å². The van der Waals surface area contributed by atoms with Crippen molar-refractivity contribution in [2.75, 3.05) is 0 Å². The zero-order chi connectivity index (χ0) is 28.1. The van der Waals surface area contributed by atoms with Gasteiger partial charge >= 0.3 is 0 Å². The van der Waals surface area contributed by atoms with Gasteiger partial charge in [-0.2, -0.15) is 0 Å². The molecule has 2 aliphatic carbocycles. The molecule has 0 spiro atoms. The minimum absolute atomic E-state index is 0.165. The smallest absolute Gasteiger partial charge is 0.121 e. The molecule has 0 bridgehead atoms. The first-order valence-electron chi connectivity index (χ1n) is 14.9. The molecular weight excluding hydrogens is 480 g/mol. The highest BCUT2D eigenvalue weighted by Crippen LogP contribution is 2.57. The standard InChI is InChI=1S/C36H46O3/c1-22-20-31(24(3)26(5)33(22)38)36(32-21-23(2)34(39)27(6)25(32)4)18-14-29(15-19-36)35(16-8-7-9-17-35)28-10-12-30(37)13-11-28/h10-13,20-21,29,37-39H,7-9,14-19H2,1-6H3. The second-order valence-corrected chi connectivity index (χ2v) is 12.8. The van der Waals surface area contributed by atoms with Crippen LogP contribution in [-0.4, -0.2) is 15.3 Å². The molecule has 2 aliphatic rings. The number of hydrogen-bond acceptors (Lipinski definition) is 3. The zero-order valence-electron chi connectivity index (χ0n) is 24.7. The largest absolute Gasteiger partial charge is 0.508 e. The minimum Gasteiger partial charge on any atom is -0.508 e. The maximum Gasteiger partial charge on any atom is 0.121 e. The van der Waals surface area contributed by atoms with Crippen LogP contribution in [0.5, 0.6) is 17.2 Å². The van der Waals surface area contributed by atoms with Crippen molar-refractivity contribution in [1.82, 2.24) is 0 Å². The van der Waals surface area contributed by atoms with Crippen molar-refractivity contribution in [2.45, 2.75) is 110 Å². The highest BCUT2D eigenvalue weighted by molar-refractivity contribution is 5.58. The SMILES string of the molecule is Cc1cc(C2(c3cc(C)c(O)c(C)c3C)CCC(C3(c4ccc(O)cc4)CCCCC3)CC2)c(C)c(C)c1O. The van der Waals surface area contributed by atoms with Gasteiger partial charge in [-0.25, -0.2) is 0 Å². The maximum atomic E-state index is 10.8. The zero-order valence-corrected chi connectivity index (χ0v) is 24.7. The third kappa shape index (κ3) is 4.42. The van der Waals surface area contributed by atoms with Crippen molar-refractivity contribution < 1.29 is 15.3 Å². The number of phenols is 3. The van der Waals surface area contributed by atoms with Crippen LogP contribution < -0.4 is 0 Å². The number of aromatic hydroxyl groups is 3. The molecule has 0 saturated heterocycles. The van der Waals surface area contributed by atoms with Crippen LogP contribution in [0.1, 0.15) is 108 Å². The van der Waals surface area contributed by atoms with Crippen molar-refractivity contribution in [1.29, 1.82) is 0 Å². The van der Waals surface area contributed by atoms with Crippen LogP contribution in [0.15, 0.2) is 36.4 Å². The van der Waals surface area contributed by atoms with Gasteiger partial charge in [0.05, 0.1) is 0 Å². The average Bonchev–Trinajstić information content (AvgIpc) is 2.95. The molecule has 3 aromatic rings. The summed E-state index contributed by atoms with van der Waals surface area (Å²) in [5.74, 6) is 1.75.